The van der Waals surface area contributed by atoms with E-state index in [1.807, 2.05) is 11.7 Å². The van der Waals surface area contributed by atoms with Crippen LogP contribution >= 0.6 is 11.3 Å². The molecule has 1 aliphatic rings. The first-order valence-electron chi connectivity index (χ1n) is 4.63. The van der Waals surface area contributed by atoms with E-state index in [0.717, 1.165) is 16.3 Å². The molecule has 3 heteroatoms. The average Bonchev–Trinajstić information content (AvgIpc) is 2.49. The Morgan fingerprint density at radius 1 is 1.31 bits per heavy atom. The van der Waals surface area contributed by atoms with Gasteiger partial charge in [-0.05, 0) is 30.4 Å². The van der Waals surface area contributed by atoms with Crippen molar-refractivity contribution in [2.24, 2.45) is 0 Å². The molecule has 1 fully saturated rings. The van der Waals surface area contributed by atoms with E-state index >= 15 is 0 Å². The highest BCUT2D eigenvalue weighted by molar-refractivity contribution is 7.16. The molecule has 3 rings (SSSR count). The molecule has 0 N–H and O–H groups in total. The molecular weight excluding hydrogens is 180 g/mol. The first kappa shape index (κ1) is 7.44. The van der Waals surface area contributed by atoms with Gasteiger partial charge in [0.05, 0.1) is 5.51 Å². The van der Waals surface area contributed by atoms with Gasteiger partial charge in [-0.15, -0.1) is 11.3 Å². The molecule has 13 heavy (non-hydrogen) atoms. The van der Waals surface area contributed by atoms with E-state index < -0.39 is 0 Å². The summed E-state index contributed by atoms with van der Waals surface area (Å²) in [5.74, 6) is 0.757. The number of hydrogen-bond acceptors (Lipinski definition) is 3. The van der Waals surface area contributed by atoms with E-state index in [1.165, 1.54) is 24.8 Å². The van der Waals surface area contributed by atoms with Gasteiger partial charge >= 0.3 is 0 Å². The van der Waals surface area contributed by atoms with Gasteiger partial charge < -0.3 is 0 Å². The predicted molar refractivity (Wildman–Crippen MR) is 54.0 cm³/mol. The number of hydrogen-bond donors (Lipinski definition) is 0. The van der Waals surface area contributed by atoms with Gasteiger partial charge in [0.15, 0.2) is 0 Å². The fourth-order valence-corrected chi connectivity index (χ4v) is 2.50. The first-order valence-corrected chi connectivity index (χ1v) is 5.51. The Morgan fingerprint density at radius 3 is 3.00 bits per heavy atom. The second-order valence-corrected chi connectivity index (χ2v) is 4.37. The fourth-order valence-electron chi connectivity index (χ4n) is 1.84. The van der Waals surface area contributed by atoms with E-state index in [-0.39, 0.29) is 0 Å². The monoisotopic (exact) mass is 190 g/mol. The maximum atomic E-state index is 4.38. The molecule has 2 aromatic rings. The van der Waals surface area contributed by atoms with Crippen LogP contribution in [0.5, 0.6) is 0 Å². The number of fused-ring (bicyclic) bond motifs is 1. The number of pyridine rings is 1. The summed E-state index contributed by atoms with van der Waals surface area (Å²) in [6.07, 6.45) is 5.94. The van der Waals surface area contributed by atoms with Crippen molar-refractivity contribution in [1.82, 2.24) is 9.97 Å². The highest BCUT2D eigenvalue weighted by Crippen LogP contribution is 2.39. The molecule has 1 saturated carbocycles. The lowest BCUT2D eigenvalue weighted by molar-refractivity contribution is 0.421. The van der Waals surface area contributed by atoms with Crippen molar-refractivity contribution in [2.45, 2.75) is 25.2 Å². The van der Waals surface area contributed by atoms with Crippen LogP contribution in [-0.4, -0.2) is 9.97 Å². The molecule has 0 spiro atoms. The summed E-state index contributed by atoms with van der Waals surface area (Å²) in [5, 5.41) is 0. The molecule has 2 heterocycles. The van der Waals surface area contributed by atoms with Gasteiger partial charge in [0.25, 0.3) is 0 Å². The lowest BCUT2D eigenvalue weighted by Gasteiger charge is -2.25. The molecule has 0 aliphatic heterocycles. The molecule has 0 aromatic carbocycles. The van der Waals surface area contributed by atoms with E-state index in [1.54, 1.807) is 11.3 Å². The van der Waals surface area contributed by atoms with Crippen molar-refractivity contribution >= 4 is 21.7 Å². The van der Waals surface area contributed by atoms with Gasteiger partial charge in [0.2, 0.25) is 0 Å². The maximum absolute atomic E-state index is 4.38. The summed E-state index contributed by atoms with van der Waals surface area (Å²) in [6.45, 7) is 0. The molecule has 0 amide bonds. The average molecular weight is 190 g/mol. The number of aromatic nitrogens is 2. The highest BCUT2D eigenvalue weighted by atomic mass is 32.1. The molecule has 0 bridgehead atoms. The fraction of sp³-hybridized carbons (Fsp3) is 0.400. The van der Waals surface area contributed by atoms with Crippen LogP contribution in [0.25, 0.3) is 10.3 Å². The lowest BCUT2D eigenvalue weighted by atomic mass is 9.80. The largest absolute Gasteiger partial charge is 0.244 e. The van der Waals surface area contributed by atoms with Gasteiger partial charge in [-0.25, -0.2) is 9.97 Å². The van der Waals surface area contributed by atoms with Crippen molar-refractivity contribution in [3.05, 3.63) is 23.3 Å². The molecule has 0 unspecified atom stereocenters. The van der Waals surface area contributed by atoms with Crippen LogP contribution in [0.4, 0.5) is 0 Å². The van der Waals surface area contributed by atoms with Crippen LogP contribution in [0.15, 0.2) is 17.8 Å². The summed E-state index contributed by atoms with van der Waals surface area (Å²) >= 11 is 1.63. The van der Waals surface area contributed by atoms with Crippen molar-refractivity contribution in [2.75, 3.05) is 0 Å². The smallest absolute Gasteiger partial charge is 0.143 e. The normalized spacial score (nSPS) is 17.5. The van der Waals surface area contributed by atoms with Crippen molar-refractivity contribution in [3.8, 4) is 0 Å². The van der Waals surface area contributed by atoms with Crippen molar-refractivity contribution in [3.63, 3.8) is 0 Å². The summed E-state index contributed by atoms with van der Waals surface area (Å²) in [5.41, 5.74) is 4.44. The zero-order valence-electron chi connectivity index (χ0n) is 7.23. The Labute approximate surface area is 80.6 Å². The Morgan fingerprint density at radius 2 is 2.23 bits per heavy atom. The van der Waals surface area contributed by atoms with E-state index in [0.29, 0.717) is 0 Å². The zero-order valence-corrected chi connectivity index (χ0v) is 8.05. The lowest BCUT2D eigenvalue weighted by Crippen LogP contribution is -2.09. The van der Waals surface area contributed by atoms with E-state index in [9.17, 15) is 0 Å². The minimum atomic E-state index is 0.757. The van der Waals surface area contributed by atoms with Crippen LogP contribution in [-0.2, 0) is 0 Å². The third-order valence-electron chi connectivity index (χ3n) is 2.81. The third kappa shape index (κ3) is 1.07. The zero-order chi connectivity index (χ0) is 8.67. The summed E-state index contributed by atoms with van der Waals surface area (Å²) < 4.78 is 0. The Hall–Kier alpha value is -0.960. The van der Waals surface area contributed by atoms with Gasteiger partial charge in [-0.3, -0.25) is 0 Å². The summed E-state index contributed by atoms with van der Waals surface area (Å²) in [4.78, 5) is 9.76. The predicted octanol–water partition coefficient (Wildman–Crippen LogP) is 2.96. The van der Waals surface area contributed by atoms with Crippen LogP contribution in [0, 0.1) is 0 Å². The van der Waals surface area contributed by atoms with Gasteiger partial charge in [-0.1, -0.05) is 6.42 Å². The minimum absolute atomic E-state index is 0.757. The molecule has 0 radical (unpaired) electrons. The Balaban J connectivity index is 2.20. The van der Waals surface area contributed by atoms with Crippen LogP contribution in [0.3, 0.4) is 0 Å². The number of nitrogens with zero attached hydrogens (tertiary/aromatic N) is 2. The summed E-state index contributed by atoms with van der Waals surface area (Å²) in [6, 6.07) is 2.13. The Bertz CT molecular complexity index is 431. The van der Waals surface area contributed by atoms with Crippen molar-refractivity contribution < 1.29 is 0 Å². The quantitative estimate of drug-likeness (QED) is 0.691. The van der Waals surface area contributed by atoms with E-state index in [2.05, 4.69) is 16.0 Å². The van der Waals surface area contributed by atoms with Crippen LogP contribution in [0.1, 0.15) is 30.7 Å². The number of thiazole rings is 1. The third-order valence-corrected chi connectivity index (χ3v) is 3.55. The molecule has 2 aromatic heterocycles. The van der Waals surface area contributed by atoms with Gasteiger partial charge in [-0.2, -0.15) is 0 Å². The standard InChI is InChI=1S/C10H10N2S/c1-2-7(3-1)8-4-5-11-10-9(8)12-6-13-10/h4-7H,1-3H2. The topological polar surface area (TPSA) is 25.8 Å². The van der Waals surface area contributed by atoms with E-state index in [4.69, 9.17) is 0 Å². The first-order chi connectivity index (χ1) is 6.45. The molecule has 0 saturated heterocycles. The molecule has 1 aliphatic carbocycles. The second-order valence-electron chi connectivity index (χ2n) is 3.53. The maximum Gasteiger partial charge on any atom is 0.143 e. The van der Waals surface area contributed by atoms with Crippen LogP contribution in [0.2, 0.25) is 0 Å². The highest BCUT2D eigenvalue weighted by Gasteiger charge is 2.22. The van der Waals surface area contributed by atoms with Crippen molar-refractivity contribution in [1.29, 1.82) is 0 Å². The second kappa shape index (κ2) is 2.77. The molecule has 66 valence electrons. The van der Waals surface area contributed by atoms with Gasteiger partial charge in [0.1, 0.15) is 10.3 Å². The van der Waals surface area contributed by atoms with Gasteiger partial charge in [0, 0.05) is 6.20 Å². The SMILES string of the molecule is c1cc(C2CCC2)c2ncsc2n1. The minimum Gasteiger partial charge on any atom is -0.244 e. The molecular formula is C10H10N2S. The summed E-state index contributed by atoms with van der Waals surface area (Å²) in [7, 11) is 0. The van der Waals surface area contributed by atoms with Crippen LogP contribution < -0.4 is 0 Å². The molecule has 0 atom stereocenters. The Kier molecular flexibility index (Phi) is 1.59. The molecule has 2 nitrogen and oxygen atoms in total. The number of rotatable bonds is 1.